The number of amides is 3. The third kappa shape index (κ3) is 6.49. The first-order valence-corrected chi connectivity index (χ1v) is 14.1. The van der Waals surface area contributed by atoms with Gasteiger partial charge in [0.2, 0.25) is 5.91 Å². The fourth-order valence-electron chi connectivity index (χ4n) is 4.48. The van der Waals surface area contributed by atoms with Crippen molar-refractivity contribution in [1.82, 2.24) is 19.9 Å². The summed E-state index contributed by atoms with van der Waals surface area (Å²) < 4.78 is 45.8. The Morgan fingerprint density at radius 2 is 1.73 bits per heavy atom. The Balaban J connectivity index is 1.09. The minimum absolute atomic E-state index is 0.0214. The zero-order valence-corrected chi connectivity index (χ0v) is 23.5. The van der Waals surface area contributed by atoms with Crippen molar-refractivity contribution in [3.63, 3.8) is 0 Å². The van der Waals surface area contributed by atoms with Gasteiger partial charge in [0.05, 0.1) is 34.2 Å². The lowest BCUT2D eigenvalue weighted by molar-refractivity contribution is -0.137. The monoisotopic (exact) mass is 617 g/mol. The maximum absolute atomic E-state index is 13.4. The normalized spacial score (nSPS) is 13.2. The fourth-order valence-corrected chi connectivity index (χ4v) is 5.45. The van der Waals surface area contributed by atoms with Crippen molar-refractivity contribution >= 4 is 39.8 Å². The first-order chi connectivity index (χ1) is 21.2. The molecule has 1 aliphatic rings. The van der Waals surface area contributed by atoms with Crippen LogP contribution in [0, 0.1) is 0 Å². The minimum atomic E-state index is -4.59. The molecule has 4 heterocycles. The molecule has 5 aromatic rings. The summed E-state index contributed by atoms with van der Waals surface area (Å²) in [6.45, 7) is 0.681. The third-order valence-electron chi connectivity index (χ3n) is 6.60. The van der Waals surface area contributed by atoms with Crippen molar-refractivity contribution in [3.8, 4) is 33.3 Å². The summed E-state index contributed by atoms with van der Waals surface area (Å²) in [6, 6.07) is 12.8. The standard InChI is InChI=1S/C30H22F3N7O3S/c31-30(32,33)20-7-10-23(19-3-1-11-34-14-19)24(13-20)39-27(42)38-21-15-35-28(36-16-21)43-22-8-5-18(6-9-22)25-17-37-29(44-25)40-12-2-4-26(40)41/h1,3,5-11,13-17H,2,4,12H2,(H2,38,39,42). The number of hydrogen-bond acceptors (Lipinski definition) is 8. The smallest absolute Gasteiger partial charge is 0.416 e. The van der Waals surface area contributed by atoms with Gasteiger partial charge in [-0.25, -0.2) is 19.7 Å². The van der Waals surface area contributed by atoms with Crippen molar-refractivity contribution in [2.24, 2.45) is 0 Å². The topological polar surface area (TPSA) is 122 Å². The number of hydrogen-bond donors (Lipinski definition) is 2. The molecule has 0 bridgehead atoms. The van der Waals surface area contributed by atoms with Gasteiger partial charge in [0.1, 0.15) is 5.75 Å². The summed E-state index contributed by atoms with van der Waals surface area (Å²) in [5.74, 6) is 0.557. The number of pyridine rings is 1. The molecule has 3 amide bonds. The van der Waals surface area contributed by atoms with Gasteiger partial charge in [-0.1, -0.05) is 23.5 Å². The van der Waals surface area contributed by atoms with Crippen molar-refractivity contribution in [3.05, 3.63) is 91.1 Å². The molecule has 0 spiro atoms. The van der Waals surface area contributed by atoms with Crippen LogP contribution in [0.3, 0.4) is 0 Å². The highest BCUT2D eigenvalue weighted by Gasteiger charge is 2.31. The van der Waals surface area contributed by atoms with Crippen LogP contribution in [0.4, 0.5) is 34.5 Å². The summed E-state index contributed by atoms with van der Waals surface area (Å²) in [7, 11) is 0. The van der Waals surface area contributed by atoms with E-state index in [4.69, 9.17) is 4.74 Å². The molecule has 0 saturated carbocycles. The van der Waals surface area contributed by atoms with Crippen LogP contribution in [-0.4, -0.2) is 38.4 Å². The molecule has 6 rings (SSSR count). The molecule has 44 heavy (non-hydrogen) atoms. The van der Waals surface area contributed by atoms with Gasteiger partial charge in [0, 0.05) is 42.7 Å². The Labute approximate surface area is 252 Å². The average molecular weight is 618 g/mol. The predicted molar refractivity (Wildman–Crippen MR) is 159 cm³/mol. The Bertz CT molecular complexity index is 1800. The maximum Gasteiger partial charge on any atom is 0.416 e. The first-order valence-electron chi connectivity index (χ1n) is 13.3. The van der Waals surface area contributed by atoms with Crippen LogP contribution < -0.4 is 20.3 Å². The van der Waals surface area contributed by atoms with E-state index in [1.807, 2.05) is 12.1 Å². The van der Waals surface area contributed by atoms with Crippen LogP contribution >= 0.6 is 11.3 Å². The highest BCUT2D eigenvalue weighted by molar-refractivity contribution is 7.19. The van der Waals surface area contributed by atoms with Crippen molar-refractivity contribution < 1.29 is 27.5 Å². The predicted octanol–water partition coefficient (Wildman–Crippen LogP) is 7.24. The average Bonchev–Trinajstić information content (AvgIpc) is 3.67. The van der Waals surface area contributed by atoms with Crippen LogP contribution in [0.2, 0.25) is 0 Å². The number of halogens is 3. The Morgan fingerprint density at radius 1 is 0.932 bits per heavy atom. The first kappa shape index (κ1) is 28.7. The summed E-state index contributed by atoms with van der Waals surface area (Å²) in [5, 5.41) is 5.67. The minimum Gasteiger partial charge on any atom is -0.424 e. The second kappa shape index (κ2) is 12.1. The number of carbonyl (C=O) groups is 2. The van der Waals surface area contributed by atoms with Crippen LogP contribution in [-0.2, 0) is 11.0 Å². The molecule has 1 saturated heterocycles. The number of nitrogens with one attached hydrogen (secondary N) is 2. The molecule has 2 aromatic carbocycles. The molecule has 0 radical (unpaired) electrons. The molecule has 0 aliphatic carbocycles. The molecule has 14 heteroatoms. The summed E-state index contributed by atoms with van der Waals surface area (Å²) >= 11 is 1.44. The number of aromatic nitrogens is 4. The zero-order chi connectivity index (χ0) is 30.7. The number of rotatable bonds is 7. The molecule has 222 valence electrons. The van der Waals surface area contributed by atoms with Gasteiger partial charge in [-0.05, 0) is 54.4 Å². The van der Waals surface area contributed by atoms with Gasteiger partial charge in [-0.3, -0.25) is 14.7 Å². The van der Waals surface area contributed by atoms with E-state index in [-0.39, 0.29) is 23.3 Å². The lowest BCUT2D eigenvalue weighted by Gasteiger charge is -2.15. The molecule has 10 nitrogen and oxygen atoms in total. The summed E-state index contributed by atoms with van der Waals surface area (Å²) in [4.78, 5) is 43.9. The molecular formula is C30H22F3N7O3S. The van der Waals surface area contributed by atoms with Gasteiger partial charge in [0.15, 0.2) is 5.13 Å². The number of benzene rings is 2. The lowest BCUT2D eigenvalue weighted by atomic mass is 10.0. The third-order valence-corrected chi connectivity index (χ3v) is 7.67. The number of anilines is 3. The Morgan fingerprint density at radius 3 is 2.41 bits per heavy atom. The Kier molecular flexibility index (Phi) is 7.89. The van der Waals surface area contributed by atoms with E-state index >= 15 is 0 Å². The SMILES string of the molecule is O=C(Nc1cnc(Oc2ccc(-c3cnc(N4CCCC4=O)s3)cc2)nc1)Nc1cc(C(F)(F)F)ccc1-c1cccnc1. The number of alkyl halides is 3. The van der Waals surface area contributed by atoms with Gasteiger partial charge >= 0.3 is 18.2 Å². The molecule has 0 unspecified atom stereocenters. The van der Waals surface area contributed by atoms with E-state index in [0.717, 1.165) is 29.0 Å². The number of carbonyl (C=O) groups excluding carboxylic acids is 2. The van der Waals surface area contributed by atoms with Crippen LogP contribution in [0.1, 0.15) is 18.4 Å². The second-order valence-electron chi connectivity index (χ2n) is 9.62. The van der Waals surface area contributed by atoms with Crippen molar-refractivity contribution in [2.45, 2.75) is 19.0 Å². The summed E-state index contributed by atoms with van der Waals surface area (Å²) in [5.41, 5.74) is 1.04. The maximum atomic E-state index is 13.4. The van der Waals surface area contributed by atoms with E-state index in [9.17, 15) is 22.8 Å². The molecule has 1 aliphatic heterocycles. The fraction of sp³-hybridized carbons (Fsp3) is 0.133. The van der Waals surface area contributed by atoms with Crippen LogP contribution in [0.15, 0.2) is 85.6 Å². The van der Waals surface area contributed by atoms with Gasteiger partial charge in [-0.15, -0.1) is 0 Å². The van der Waals surface area contributed by atoms with Gasteiger partial charge in [-0.2, -0.15) is 13.2 Å². The highest BCUT2D eigenvalue weighted by atomic mass is 32.1. The number of nitrogens with zero attached hydrogens (tertiary/aromatic N) is 5. The van der Waals surface area contributed by atoms with E-state index in [1.165, 1.54) is 42.2 Å². The van der Waals surface area contributed by atoms with E-state index in [1.54, 1.807) is 35.4 Å². The van der Waals surface area contributed by atoms with E-state index < -0.39 is 17.8 Å². The largest absolute Gasteiger partial charge is 0.424 e. The zero-order valence-electron chi connectivity index (χ0n) is 22.7. The number of urea groups is 1. The van der Waals surface area contributed by atoms with Gasteiger partial charge in [0.25, 0.3) is 0 Å². The lowest BCUT2D eigenvalue weighted by Crippen LogP contribution is -2.23. The molecular weight excluding hydrogens is 595 g/mol. The number of ether oxygens (including phenoxy) is 1. The van der Waals surface area contributed by atoms with Gasteiger partial charge < -0.3 is 15.4 Å². The molecule has 1 fully saturated rings. The number of thiazole rings is 1. The van der Waals surface area contributed by atoms with Crippen LogP contribution in [0.5, 0.6) is 11.8 Å². The quantitative estimate of drug-likeness (QED) is 0.197. The Hall–Kier alpha value is -5.37. The van der Waals surface area contributed by atoms with Crippen LogP contribution in [0.25, 0.3) is 21.6 Å². The van der Waals surface area contributed by atoms with E-state index in [0.29, 0.717) is 35.0 Å². The second-order valence-corrected chi connectivity index (χ2v) is 10.6. The van der Waals surface area contributed by atoms with Crippen molar-refractivity contribution in [2.75, 3.05) is 22.1 Å². The molecule has 2 N–H and O–H groups in total. The van der Waals surface area contributed by atoms with Crippen molar-refractivity contribution in [1.29, 1.82) is 0 Å². The molecule has 0 atom stereocenters. The molecule has 3 aromatic heterocycles. The van der Waals surface area contributed by atoms with E-state index in [2.05, 4.69) is 30.6 Å². The highest BCUT2D eigenvalue weighted by Crippen LogP contribution is 2.36. The summed E-state index contributed by atoms with van der Waals surface area (Å²) in [6.07, 6.45) is 4.16.